The molecular weight excluding hydrogens is 376 g/mol. The Hall–Kier alpha value is -1.92. The van der Waals surface area contributed by atoms with Gasteiger partial charge in [-0.3, -0.25) is 9.79 Å². The number of anilines is 1. The molecule has 1 aliphatic carbocycles. The molecule has 3 rings (SSSR count). The number of hydrogen-bond acceptors (Lipinski definition) is 3. The molecule has 2 N–H and O–H groups in total. The lowest BCUT2D eigenvalue weighted by molar-refractivity contribution is -0.902. The van der Waals surface area contributed by atoms with E-state index in [1.54, 1.807) is 24.3 Å². The number of nitrogens with one attached hydrogen (secondary N) is 2. The monoisotopic (exact) mass is 405 g/mol. The van der Waals surface area contributed by atoms with E-state index < -0.39 is 0 Å². The van der Waals surface area contributed by atoms with Crippen LogP contribution in [0, 0.1) is 5.41 Å². The van der Waals surface area contributed by atoms with E-state index in [2.05, 4.69) is 19.2 Å². The molecule has 2 aliphatic rings. The summed E-state index contributed by atoms with van der Waals surface area (Å²) in [5, 5.41) is 3.57. The molecule has 28 heavy (non-hydrogen) atoms. The van der Waals surface area contributed by atoms with Crippen LogP contribution in [-0.2, 0) is 4.79 Å². The van der Waals surface area contributed by atoms with Gasteiger partial charge in [0.2, 0.25) is 0 Å². The Kier molecular flexibility index (Phi) is 6.73. The second kappa shape index (κ2) is 9.05. The summed E-state index contributed by atoms with van der Waals surface area (Å²) in [7, 11) is 0. The zero-order valence-electron chi connectivity index (χ0n) is 16.8. The third kappa shape index (κ3) is 6.04. The highest BCUT2D eigenvalue weighted by Gasteiger charge is 2.30. The molecule has 0 radical (unpaired) electrons. The summed E-state index contributed by atoms with van der Waals surface area (Å²) in [6.07, 6.45) is 2.11. The molecule has 2 amide bonds. The van der Waals surface area contributed by atoms with Crippen molar-refractivity contribution >= 4 is 34.8 Å². The molecule has 0 atom stereocenters. The van der Waals surface area contributed by atoms with Crippen LogP contribution in [0.15, 0.2) is 29.3 Å². The lowest BCUT2D eigenvalue weighted by atomic mass is 9.76. The van der Waals surface area contributed by atoms with Crippen LogP contribution < -0.4 is 10.2 Å². The van der Waals surface area contributed by atoms with Crippen LogP contribution in [0.3, 0.4) is 0 Å². The van der Waals surface area contributed by atoms with E-state index >= 15 is 0 Å². The fraction of sp³-hybridized carbons (Fsp3) is 0.571. The maximum Gasteiger partial charge on any atom is 0.322 e. The largest absolute Gasteiger partial charge is 0.330 e. The van der Waals surface area contributed by atoms with Crippen LogP contribution in [0.5, 0.6) is 0 Å². The number of nitrogens with zero attached hydrogens (tertiary/aromatic N) is 2. The predicted molar refractivity (Wildman–Crippen MR) is 113 cm³/mol. The number of carbonyl (C=O) groups is 2. The lowest BCUT2D eigenvalue weighted by Gasteiger charge is -2.32. The second-order valence-electron chi connectivity index (χ2n) is 8.61. The van der Waals surface area contributed by atoms with Crippen molar-refractivity contribution in [2.75, 3.05) is 44.6 Å². The Bertz CT molecular complexity index is 737. The molecule has 1 heterocycles. The Labute approximate surface area is 171 Å². The first-order valence-corrected chi connectivity index (χ1v) is 10.4. The standard InChI is InChI=1S/C21H29ClN4O2/c1-21(2)14-18(13-19(27)15-21)23-7-8-25-9-11-26(12-10-25)20(28)24-17-5-3-16(22)4-6-17/h3-6H,7-15H2,1-2H3,(H,24,28)/p+1. The van der Waals surface area contributed by atoms with Crippen LogP contribution in [0.2, 0.25) is 5.02 Å². The fourth-order valence-corrected chi connectivity index (χ4v) is 4.12. The van der Waals surface area contributed by atoms with E-state index in [-0.39, 0.29) is 11.4 Å². The van der Waals surface area contributed by atoms with Gasteiger partial charge in [0, 0.05) is 29.3 Å². The number of ketones is 1. The number of piperazine rings is 1. The zero-order chi connectivity index (χ0) is 20.1. The van der Waals surface area contributed by atoms with E-state index in [1.165, 1.54) is 4.90 Å². The molecule has 1 aromatic rings. The molecule has 0 bridgehead atoms. The van der Waals surface area contributed by atoms with Crippen molar-refractivity contribution in [2.45, 2.75) is 33.1 Å². The Balaban J connectivity index is 1.40. The summed E-state index contributed by atoms with van der Waals surface area (Å²) in [5.41, 5.74) is 1.86. The molecule has 7 heteroatoms. The lowest BCUT2D eigenvalue weighted by Crippen LogP contribution is -3.15. The molecular formula is C21H30ClN4O2+. The van der Waals surface area contributed by atoms with Gasteiger partial charge in [0.25, 0.3) is 0 Å². The number of benzene rings is 1. The maximum atomic E-state index is 12.4. The van der Waals surface area contributed by atoms with Gasteiger partial charge in [0.05, 0.1) is 39.3 Å². The number of halogens is 1. The number of quaternary nitrogens is 1. The van der Waals surface area contributed by atoms with Gasteiger partial charge in [-0.2, -0.15) is 0 Å². The Morgan fingerprint density at radius 3 is 2.54 bits per heavy atom. The van der Waals surface area contributed by atoms with E-state index in [4.69, 9.17) is 16.6 Å². The highest BCUT2D eigenvalue weighted by Crippen LogP contribution is 2.31. The topological polar surface area (TPSA) is 66.2 Å². The molecule has 2 fully saturated rings. The fourth-order valence-electron chi connectivity index (χ4n) is 4.00. The van der Waals surface area contributed by atoms with Gasteiger partial charge in [-0.25, -0.2) is 4.79 Å². The van der Waals surface area contributed by atoms with Crippen molar-refractivity contribution in [3.63, 3.8) is 0 Å². The average Bonchev–Trinajstić information content (AvgIpc) is 2.62. The highest BCUT2D eigenvalue weighted by atomic mass is 35.5. The summed E-state index contributed by atoms with van der Waals surface area (Å²) in [4.78, 5) is 32.3. The second-order valence-corrected chi connectivity index (χ2v) is 9.04. The van der Waals surface area contributed by atoms with Gasteiger partial charge in [-0.05, 0) is 36.1 Å². The third-order valence-electron chi connectivity index (χ3n) is 5.41. The number of amides is 2. The number of carbonyl (C=O) groups excluding carboxylic acids is 2. The van der Waals surface area contributed by atoms with Gasteiger partial charge in [-0.1, -0.05) is 25.4 Å². The van der Waals surface area contributed by atoms with Crippen molar-refractivity contribution in [3.8, 4) is 0 Å². The Morgan fingerprint density at radius 1 is 1.21 bits per heavy atom. The minimum Gasteiger partial charge on any atom is -0.330 e. The predicted octanol–water partition coefficient (Wildman–Crippen LogP) is 2.29. The van der Waals surface area contributed by atoms with Crippen molar-refractivity contribution < 1.29 is 14.5 Å². The minimum absolute atomic E-state index is 0.0457. The van der Waals surface area contributed by atoms with Gasteiger partial charge in [0.1, 0.15) is 5.78 Å². The first kappa shape index (κ1) is 20.8. The highest BCUT2D eigenvalue weighted by molar-refractivity contribution is 6.30. The van der Waals surface area contributed by atoms with Crippen LogP contribution in [0.4, 0.5) is 10.5 Å². The molecule has 1 saturated heterocycles. The number of hydrogen-bond donors (Lipinski definition) is 2. The molecule has 0 aromatic heterocycles. The van der Waals surface area contributed by atoms with Crippen molar-refractivity contribution in [3.05, 3.63) is 29.3 Å². The van der Waals surface area contributed by atoms with Gasteiger partial charge >= 0.3 is 6.03 Å². The van der Waals surface area contributed by atoms with Crippen LogP contribution in [-0.4, -0.2) is 61.7 Å². The van der Waals surface area contributed by atoms with Gasteiger partial charge < -0.3 is 15.1 Å². The van der Waals surface area contributed by atoms with Gasteiger partial charge in [-0.15, -0.1) is 0 Å². The summed E-state index contributed by atoms with van der Waals surface area (Å²) >= 11 is 5.87. The number of Topliss-reactive ketones (excluding diaryl/α,β-unsaturated/α-hetero) is 1. The minimum atomic E-state index is -0.0652. The molecule has 1 saturated carbocycles. The van der Waals surface area contributed by atoms with Crippen molar-refractivity contribution in [1.29, 1.82) is 0 Å². The van der Waals surface area contributed by atoms with E-state index in [1.807, 2.05) is 4.90 Å². The van der Waals surface area contributed by atoms with Crippen molar-refractivity contribution in [1.82, 2.24) is 4.90 Å². The van der Waals surface area contributed by atoms with Crippen molar-refractivity contribution in [2.24, 2.45) is 10.4 Å². The molecule has 152 valence electrons. The van der Waals surface area contributed by atoms with E-state index in [0.29, 0.717) is 23.6 Å². The quantitative estimate of drug-likeness (QED) is 0.807. The zero-order valence-corrected chi connectivity index (χ0v) is 17.5. The first-order chi connectivity index (χ1) is 13.3. The SMILES string of the molecule is CC1(C)CC(=O)CC(=NCC[NH+]2CCN(C(=O)Nc3ccc(Cl)cc3)CC2)C1. The Morgan fingerprint density at radius 2 is 1.89 bits per heavy atom. The summed E-state index contributed by atoms with van der Waals surface area (Å²) < 4.78 is 0. The summed E-state index contributed by atoms with van der Waals surface area (Å²) in [5.74, 6) is 0.308. The maximum absolute atomic E-state index is 12.4. The van der Waals surface area contributed by atoms with E-state index in [9.17, 15) is 9.59 Å². The number of urea groups is 1. The van der Waals surface area contributed by atoms with Crippen LogP contribution >= 0.6 is 11.6 Å². The van der Waals surface area contributed by atoms with Gasteiger partial charge in [0.15, 0.2) is 0 Å². The summed E-state index contributed by atoms with van der Waals surface area (Å²) in [6.45, 7) is 9.29. The van der Waals surface area contributed by atoms with E-state index in [0.717, 1.165) is 57.1 Å². The summed E-state index contributed by atoms with van der Waals surface area (Å²) in [6, 6.07) is 7.07. The third-order valence-corrected chi connectivity index (χ3v) is 5.67. The number of aliphatic imine (C=N–C) groups is 1. The van der Waals surface area contributed by atoms with Crippen LogP contribution in [0.25, 0.3) is 0 Å². The molecule has 1 aliphatic heterocycles. The molecule has 0 spiro atoms. The average molecular weight is 406 g/mol. The normalized spacial score (nSPS) is 21.8. The first-order valence-electron chi connectivity index (χ1n) is 10.00. The molecule has 6 nitrogen and oxygen atoms in total. The molecule has 0 unspecified atom stereocenters. The number of rotatable bonds is 4. The smallest absolute Gasteiger partial charge is 0.322 e. The van der Waals surface area contributed by atoms with Crippen LogP contribution in [0.1, 0.15) is 33.1 Å². The molecule has 1 aromatic carbocycles.